The number of nitrogens with zero attached hydrogens (tertiary/aromatic N) is 1. The highest BCUT2D eigenvalue weighted by molar-refractivity contribution is 5.94. The minimum atomic E-state index is 0.0771. The van der Waals surface area contributed by atoms with Crippen LogP contribution in [0.5, 0.6) is 11.5 Å². The van der Waals surface area contributed by atoms with E-state index in [1.54, 1.807) is 14.2 Å². The zero-order valence-corrected chi connectivity index (χ0v) is 13.5. The van der Waals surface area contributed by atoms with E-state index >= 15 is 0 Å². The van der Waals surface area contributed by atoms with Gasteiger partial charge in [-0.15, -0.1) is 0 Å². The Labute approximate surface area is 136 Å². The quantitative estimate of drug-likeness (QED) is 0.873. The molecule has 0 saturated heterocycles. The van der Waals surface area contributed by atoms with E-state index in [1.165, 1.54) is 5.56 Å². The van der Waals surface area contributed by atoms with Gasteiger partial charge >= 0.3 is 0 Å². The lowest BCUT2D eigenvalue weighted by molar-refractivity contribution is 0.0746. The van der Waals surface area contributed by atoms with Crippen LogP contribution in [0.3, 0.4) is 0 Å². The van der Waals surface area contributed by atoms with Crippen molar-refractivity contribution < 1.29 is 14.3 Å². The molecule has 1 aliphatic rings. The van der Waals surface area contributed by atoms with Gasteiger partial charge in [0.2, 0.25) is 0 Å². The molecular weight excluding hydrogens is 290 g/mol. The van der Waals surface area contributed by atoms with Gasteiger partial charge < -0.3 is 14.4 Å². The summed E-state index contributed by atoms with van der Waals surface area (Å²) in [6.45, 7) is 1.36. The first kappa shape index (κ1) is 15.4. The van der Waals surface area contributed by atoms with Crippen LogP contribution < -0.4 is 9.47 Å². The fourth-order valence-electron chi connectivity index (χ4n) is 3.02. The van der Waals surface area contributed by atoms with Gasteiger partial charge in [0.25, 0.3) is 5.91 Å². The number of hydrogen-bond acceptors (Lipinski definition) is 3. The third-order valence-corrected chi connectivity index (χ3v) is 4.25. The molecule has 1 heterocycles. The molecule has 0 aromatic heterocycles. The van der Waals surface area contributed by atoms with Crippen LogP contribution in [-0.2, 0) is 13.0 Å². The number of ether oxygens (including phenoxy) is 2. The van der Waals surface area contributed by atoms with E-state index in [9.17, 15) is 4.79 Å². The molecule has 4 heteroatoms. The van der Waals surface area contributed by atoms with Crippen molar-refractivity contribution in [2.45, 2.75) is 19.4 Å². The fourth-order valence-corrected chi connectivity index (χ4v) is 3.02. The molecule has 1 amide bonds. The minimum absolute atomic E-state index is 0.0771. The van der Waals surface area contributed by atoms with Gasteiger partial charge in [-0.1, -0.05) is 18.2 Å². The molecule has 0 fully saturated rings. The third kappa shape index (κ3) is 3.16. The van der Waals surface area contributed by atoms with Gasteiger partial charge in [-0.3, -0.25) is 4.79 Å². The molecule has 2 aromatic rings. The van der Waals surface area contributed by atoms with E-state index in [0.29, 0.717) is 12.3 Å². The maximum Gasteiger partial charge on any atom is 0.254 e. The van der Waals surface area contributed by atoms with E-state index in [4.69, 9.17) is 9.47 Å². The molecule has 1 aliphatic heterocycles. The van der Waals surface area contributed by atoms with Crippen LogP contribution in [0.15, 0.2) is 42.5 Å². The van der Waals surface area contributed by atoms with Gasteiger partial charge in [-0.25, -0.2) is 0 Å². The van der Waals surface area contributed by atoms with Gasteiger partial charge in [0, 0.05) is 18.7 Å². The summed E-state index contributed by atoms with van der Waals surface area (Å²) in [7, 11) is 3.28. The van der Waals surface area contributed by atoms with Crippen LogP contribution in [0, 0.1) is 0 Å². The van der Waals surface area contributed by atoms with E-state index in [0.717, 1.165) is 36.3 Å². The Morgan fingerprint density at radius 1 is 1.00 bits per heavy atom. The summed E-state index contributed by atoms with van der Waals surface area (Å²) in [6.07, 6.45) is 1.88. The number of amides is 1. The lowest BCUT2D eigenvalue weighted by atomic mass is 10.0. The highest BCUT2D eigenvalue weighted by Gasteiger charge is 2.21. The maximum atomic E-state index is 12.7. The van der Waals surface area contributed by atoms with Crippen molar-refractivity contribution in [3.63, 3.8) is 0 Å². The van der Waals surface area contributed by atoms with Crippen LogP contribution in [-0.4, -0.2) is 31.6 Å². The molecule has 23 heavy (non-hydrogen) atoms. The molecule has 2 aromatic carbocycles. The highest BCUT2D eigenvalue weighted by Crippen LogP contribution is 2.33. The summed E-state index contributed by atoms with van der Waals surface area (Å²) in [5.74, 6) is 1.53. The number of rotatable bonds is 3. The molecule has 3 rings (SSSR count). The average molecular weight is 311 g/mol. The average Bonchev–Trinajstić information content (AvgIpc) is 2.82. The van der Waals surface area contributed by atoms with E-state index in [1.807, 2.05) is 47.4 Å². The Morgan fingerprint density at radius 2 is 1.65 bits per heavy atom. The predicted octanol–water partition coefficient (Wildman–Crippen LogP) is 3.29. The number of methoxy groups -OCH3 is 2. The van der Waals surface area contributed by atoms with Crippen molar-refractivity contribution in [1.82, 2.24) is 4.90 Å². The van der Waals surface area contributed by atoms with Gasteiger partial charge in [-0.2, -0.15) is 0 Å². The highest BCUT2D eigenvalue weighted by atomic mass is 16.5. The summed E-state index contributed by atoms with van der Waals surface area (Å²) in [5.41, 5.74) is 3.09. The van der Waals surface area contributed by atoms with E-state index in [-0.39, 0.29) is 5.91 Å². The Hall–Kier alpha value is -2.49. The molecule has 120 valence electrons. The van der Waals surface area contributed by atoms with Crippen molar-refractivity contribution >= 4 is 5.91 Å². The standard InChI is InChI=1S/C19H21NO3/c1-22-17-11-15-9-6-10-20(13-16(15)12-18(17)23-2)19(21)14-7-4-3-5-8-14/h3-5,7-8,11-12H,6,9-10,13H2,1-2H3. The number of carbonyl (C=O) groups is 1. The van der Waals surface area contributed by atoms with Crippen molar-refractivity contribution in [3.05, 3.63) is 59.2 Å². The van der Waals surface area contributed by atoms with E-state index < -0.39 is 0 Å². The topological polar surface area (TPSA) is 38.8 Å². The second kappa shape index (κ2) is 6.73. The number of aryl methyl sites for hydroxylation is 1. The van der Waals surface area contributed by atoms with Crippen LogP contribution in [0.1, 0.15) is 27.9 Å². The number of carbonyl (C=O) groups excluding carboxylic acids is 1. The van der Waals surface area contributed by atoms with Crippen molar-refractivity contribution in [2.24, 2.45) is 0 Å². The summed E-state index contributed by atoms with van der Waals surface area (Å²) in [5, 5.41) is 0. The van der Waals surface area contributed by atoms with Gasteiger partial charge in [-0.05, 0) is 48.2 Å². The SMILES string of the molecule is COc1cc2c(cc1OC)CN(C(=O)c1ccccc1)CCC2. The van der Waals surface area contributed by atoms with Crippen LogP contribution in [0.25, 0.3) is 0 Å². The molecule has 0 N–H and O–H groups in total. The molecule has 4 nitrogen and oxygen atoms in total. The molecule has 0 radical (unpaired) electrons. The van der Waals surface area contributed by atoms with Crippen LogP contribution in [0.4, 0.5) is 0 Å². The smallest absolute Gasteiger partial charge is 0.254 e. The third-order valence-electron chi connectivity index (χ3n) is 4.25. The fraction of sp³-hybridized carbons (Fsp3) is 0.316. The first-order valence-electron chi connectivity index (χ1n) is 7.81. The number of hydrogen-bond donors (Lipinski definition) is 0. The Bertz CT molecular complexity index is 697. The van der Waals surface area contributed by atoms with Crippen molar-refractivity contribution in [3.8, 4) is 11.5 Å². The van der Waals surface area contributed by atoms with E-state index in [2.05, 4.69) is 0 Å². The molecule has 0 spiro atoms. The van der Waals surface area contributed by atoms with Crippen molar-refractivity contribution in [1.29, 1.82) is 0 Å². The molecule has 0 atom stereocenters. The first-order chi connectivity index (χ1) is 11.2. The molecular formula is C19H21NO3. The largest absolute Gasteiger partial charge is 0.493 e. The number of fused-ring (bicyclic) bond motifs is 1. The minimum Gasteiger partial charge on any atom is -0.493 e. The number of benzene rings is 2. The van der Waals surface area contributed by atoms with Gasteiger partial charge in [0.15, 0.2) is 11.5 Å². The normalized spacial score (nSPS) is 13.9. The Balaban J connectivity index is 1.90. The second-order valence-electron chi connectivity index (χ2n) is 5.67. The Kier molecular flexibility index (Phi) is 4.51. The Morgan fingerprint density at radius 3 is 2.30 bits per heavy atom. The second-order valence-corrected chi connectivity index (χ2v) is 5.67. The molecule has 0 aliphatic carbocycles. The lowest BCUT2D eigenvalue weighted by Crippen LogP contribution is -2.30. The maximum absolute atomic E-state index is 12.7. The molecule has 0 unspecified atom stereocenters. The monoisotopic (exact) mass is 311 g/mol. The van der Waals surface area contributed by atoms with Crippen LogP contribution in [0.2, 0.25) is 0 Å². The van der Waals surface area contributed by atoms with Gasteiger partial charge in [0.05, 0.1) is 14.2 Å². The zero-order chi connectivity index (χ0) is 16.2. The lowest BCUT2D eigenvalue weighted by Gasteiger charge is -2.21. The first-order valence-corrected chi connectivity index (χ1v) is 7.81. The zero-order valence-electron chi connectivity index (χ0n) is 13.5. The predicted molar refractivity (Wildman–Crippen MR) is 89.0 cm³/mol. The molecule has 0 saturated carbocycles. The molecule has 0 bridgehead atoms. The van der Waals surface area contributed by atoms with Gasteiger partial charge in [0.1, 0.15) is 0 Å². The summed E-state index contributed by atoms with van der Waals surface area (Å²) >= 11 is 0. The van der Waals surface area contributed by atoms with Crippen LogP contribution >= 0.6 is 0 Å². The summed E-state index contributed by atoms with van der Waals surface area (Å²) in [6, 6.07) is 13.5. The summed E-state index contributed by atoms with van der Waals surface area (Å²) in [4.78, 5) is 14.6. The summed E-state index contributed by atoms with van der Waals surface area (Å²) < 4.78 is 10.8. The van der Waals surface area contributed by atoms with Crippen molar-refractivity contribution in [2.75, 3.05) is 20.8 Å².